The minimum atomic E-state index is -3.57. The first-order valence-electron chi connectivity index (χ1n) is 5.04. The second-order valence-corrected chi connectivity index (χ2v) is 7.27. The van der Waals surface area contributed by atoms with Gasteiger partial charge in [0.2, 0.25) is 15.6 Å². The molecule has 0 unspecified atom stereocenters. The molecule has 1 aliphatic rings. The van der Waals surface area contributed by atoms with E-state index >= 15 is 0 Å². The van der Waals surface area contributed by atoms with Crippen molar-refractivity contribution in [2.24, 2.45) is 0 Å². The van der Waals surface area contributed by atoms with Crippen LogP contribution in [0.5, 0.6) is 0 Å². The van der Waals surface area contributed by atoms with Crippen LogP contribution in [0.1, 0.15) is 0 Å². The number of aromatic amines is 1. The average molecular weight is 276 g/mol. The van der Waals surface area contributed by atoms with Crippen LogP contribution >= 0.6 is 0 Å². The zero-order valence-corrected chi connectivity index (χ0v) is 10.6. The Morgan fingerprint density at radius 1 is 1.24 bits per heavy atom. The van der Waals surface area contributed by atoms with E-state index in [0.29, 0.717) is 11.5 Å². The molecule has 8 heteroatoms. The van der Waals surface area contributed by atoms with Gasteiger partial charge in [-0.15, -0.1) is 0 Å². The van der Waals surface area contributed by atoms with E-state index in [0.717, 1.165) is 0 Å². The quantitative estimate of drug-likeness (QED) is 0.760. The van der Waals surface area contributed by atoms with Crippen LogP contribution in [0.2, 0.25) is 0 Å². The molecular formula is C9H12N2O4S2. The summed E-state index contributed by atoms with van der Waals surface area (Å²) in [6, 6.07) is 2.45. The molecule has 1 aliphatic heterocycles. The Labute approximate surface area is 101 Å². The molecule has 1 saturated heterocycles. The van der Waals surface area contributed by atoms with Crippen LogP contribution in [0.15, 0.2) is 28.0 Å². The van der Waals surface area contributed by atoms with Gasteiger partial charge in [-0.05, 0) is 6.07 Å². The van der Waals surface area contributed by atoms with Gasteiger partial charge in [-0.25, -0.2) is 8.42 Å². The Bertz CT molecular complexity index is 563. The van der Waals surface area contributed by atoms with E-state index in [9.17, 15) is 17.4 Å². The number of nitrogens with one attached hydrogen (secondary N) is 1. The fourth-order valence-electron chi connectivity index (χ4n) is 1.57. The number of hydrogen-bond acceptors (Lipinski definition) is 4. The first-order chi connectivity index (χ1) is 8.00. The van der Waals surface area contributed by atoms with Crippen LogP contribution in [0, 0.1) is 0 Å². The zero-order chi connectivity index (χ0) is 12.5. The maximum Gasteiger partial charge on any atom is 0.247 e. The lowest BCUT2D eigenvalue weighted by molar-refractivity contribution is 0.438. The molecule has 0 amide bonds. The lowest BCUT2D eigenvalue weighted by atomic mass is 10.5. The van der Waals surface area contributed by atoms with Crippen LogP contribution < -0.4 is 5.56 Å². The molecule has 0 spiro atoms. The van der Waals surface area contributed by atoms with Crippen LogP contribution in [-0.4, -0.2) is 46.5 Å². The zero-order valence-electron chi connectivity index (χ0n) is 8.96. The second-order valence-electron chi connectivity index (χ2n) is 3.64. The molecule has 1 fully saturated rings. The molecule has 1 aromatic rings. The van der Waals surface area contributed by atoms with Gasteiger partial charge in [0.25, 0.3) is 0 Å². The summed E-state index contributed by atoms with van der Waals surface area (Å²) in [6.07, 6.45) is 1.18. The summed E-state index contributed by atoms with van der Waals surface area (Å²) < 4.78 is 36.7. The molecule has 0 radical (unpaired) electrons. The third kappa shape index (κ3) is 2.64. The highest BCUT2D eigenvalue weighted by atomic mass is 32.2. The lowest BCUT2D eigenvalue weighted by Crippen LogP contribution is -2.41. The fraction of sp³-hybridized carbons (Fsp3) is 0.444. The third-order valence-electron chi connectivity index (χ3n) is 2.53. The van der Waals surface area contributed by atoms with E-state index in [1.807, 2.05) is 0 Å². The van der Waals surface area contributed by atoms with Crippen molar-refractivity contribution in [3.05, 3.63) is 28.7 Å². The summed E-state index contributed by atoms with van der Waals surface area (Å²) in [5.74, 6) is 0.727. The molecule has 1 aromatic heterocycles. The van der Waals surface area contributed by atoms with Crippen molar-refractivity contribution in [2.75, 3.05) is 24.6 Å². The summed E-state index contributed by atoms with van der Waals surface area (Å²) in [7, 11) is -4.49. The van der Waals surface area contributed by atoms with Crippen molar-refractivity contribution in [2.45, 2.75) is 4.90 Å². The molecule has 6 nitrogen and oxygen atoms in total. The van der Waals surface area contributed by atoms with E-state index in [1.54, 1.807) is 0 Å². The summed E-state index contributed by atoms with van der Waals surface area (Å²) >= 11 is 0. The predicted molar refractivity (Wildman–Crippen MR) is 63.7 cm³/mol. The average Bonchev–Trinajstić information content (AvgIpc) is 2.30. The van der Waals surface area contributed by atoms with Crippen LogP contribution in [0.25, 0.3) is 0 Å². The molecule has 1 N–H and O–H groups in total. The Hall–Kier alpha value is -0.990. The normalized spacial score (nSPS) is 19.3. The largest absolute Gasteiger partial charge is 0.328 e. The maximum atomic E-state index is 12.1. The summed E-state index contributed by atoms with van der Waals surface area (Å²) in [6.45, 7) is 0.516. The van der Waals surface area contributed by atoms with Crippen molar-refractivity contribution in [1.82, 2.24) is 9.29 Å². The number of hydrogen-bond donors (Lipinski definition) is 1. The fourth-order valence-corrected chi connectivity index (χ4v) is 4.26. The summed E-state index contributed by atoms with van der Waals surface area (Å²) in [5.41, 5.74) is -0.344. The van der Waals surface area contributed by atoms with Crippen LogP contribution in [-0.2, 0) is 20.8 Å². The monoisotopic (exact) mass is 276 g/mol. The van der Waals surface area contributed by atoms with Gasteiger partial charge < -0.3 is 4.98 Å². The maximum absolute atomic E-state index is 12.1. The molecule has 0 bridgehead atoms. The third-order valence-corrected chi connectivity index (χ3v) is 5.70. The van der Waals surface area contributed by atoms with Crippen LogP contribution in [0.4, 0.5) is 0 Å². The van der Waals surface area contributed by atoms with E-state index in [-0.39, 0.29) is 23.5 Å². The summed E-state index contributed by atoms with van der Waals surface area (Å²) in [5, 5.41) is 0. The Kier molecular flexibility index (Phi) is 3.45. The van der Waals surface area contributed by atoms with Crippen molar-refractivity contribution < 1.29 is 12.6 Å². The lowest BCUT2D eigenvalue weighted by Gasteiger charge is -2.25. The molecule has 0 saturated carbocycles. The van der Waals surface area contributed by atoms with Gasteiger partial charge in [-0.1, -0.05) is 0 Å². The van der Waals surface area contributed by atoms with E-state index in [4.69, 9.17) is 0 Å². The standard InChI is InChI=1S/C9H12N2O4S2/c12-9-2-1-8(7-10-9)17(14,15)11-3-5-16(13)6-4-11/h1-2,7H,3-6H2,(H,10,12). The molecular weight excluding hydrogens is 264 g/mol. The molecule has 94 valence electrons. The topological polar surface area (TPSA) is 87.3 Å². The van der Waals surface area contributed by atoms with E-state index in [1.165, 1.54) is 22.6 Å². The molecule has 2 rings (SSSR count). The number of H-pyrrole nitrogens is 1. The SMILES string of the molecule is O=c1ccc(S(=O)(=O)N2CCS(=O)CC2)c[nH]1. The number of aromatic nitrogens is 1. The highest BCUT2D eigenvalue weighted by molar-refractivity contribution is 7.89. The van der Waals surface area contributed by atoms with Gasteiger partial charge in [0.1, 0.15) is 0 Å². The Morgan fingerprint density at radius 3 is 2.41 bits per heavy atom. The van der Waals surface area contributed by atoms with Crippen molar-refractivity contribution >= 4 is 20.8 Å². The first-order valence-corrected chi connectivity index (χ1v) is 7.97. The van der Waals surface area contributed by atoms with Gasteiger partial charge in [0.15, 0.2) is 0 Å². The van der Waals surface area contributed by atoms with Gasteiger partial charge in [0, 0.05) is 47.7 Å². The van der Waals surface area contributed by atoms with Crippen LogP contribution in [0.3, 0.4) is 0 Å². The minimum absolute atomic E-state index is 0.0600. The molecule has 2 heterocycles. The summed E-state index contributed by atoms with van der Waals surface area (Å²) in [4.78, 5) is 13.3. The highest BCUT2D eigenvalue weighted by Crippen LogP contribution is 2.15. The predicted octanol–water partition coefficient (Wildman–Crippen LogP) is -0.872. The first kappa shape index (κ1) is 12.5. The van der Waals surface area contributed by atoms with Gasteiger partial charge in [-0.3, -0.25) is 9.00 Å². The second kappa shape index (κ2) is 4.71. The number of pyridine rings is 1. The van der Waals surface area contributed by atoms with Crippen molar-refractivity contribution in [1.29, 1.82) is 0 Å². The van der Waals surface area contributed by atoms with Gasteiger partial charge in [0.05, 0.1) is 4.90 Å². The highest BCUT2D eigenvalue weighted by Gasteiger charge is 2.27. The Balaban J connectivity index is 2.27. The molecule has 17 heavy (non-hydrogen) atoms. The molecule has 0 atom stereocenters. The van der Waals surface area contributed by atoms with Gasteiger partial charge >= 0.3 is 0 Å². The molecule has 0 aromatic carbocycles. The van der Waals surface area contributed by atoms with E-state index in [2.05, 4.69) is 4.98 Å². The number of rotatable bonds is 2. The van der Waals surface area contributed by atoms with E-state index < -0.39 is 20.8 Å². The van der Waals surface area contributed by atoms with Crippen molar-refractivity contribution in [3.63, 3.8) is 0 Å². The van der Waals surface area contributed by atoms with Crippen molar-refractivity contribution in [3.8, 4) is 0 Å². The Morgan fingerprint density at radius 2 is 1.88 bits per heavy atom. The number of nitrogens with zero attached hydrogens (tertiary/aromatic N) is 1. The number of sulfonamides is 1. The molecule has 0 aliphatic carbocycles. The minimum Gasteiger partial charge on any atom is -0.328 e. The van der Waals surface area contributed by atoms with Gasteiger partial charge in [-0.2, -0.15) is 4.31 Å². The smallest absolute Gasteiger partial charge is 0.247 e.